The summed E-state index contributed by atoms with van der Waals surface area (Å²) in [6.45, 7) is 1.29. The second-order valence-electron chi connectivity index (χ2n) is 3.89. The molecule has 0 saturated carbocycles. The average molecular weight is 264 g/mol. The molecule has 5 heteroatoms. The van der Waals surface area contributed by atoms with E-state index in [1.807, 2.05) is 22.9 Å². The summed E-state index contributed by atoms with van der Waals surface area (Å²) in [5.74, 6) is 0.388. The number of hydrogen-bond donors (Lipinski definition) is 1. The molecule has 0 aliphatic carbocycles. The summed E-state index contributed by atoms with van der Waals surface area (Å²) < 4.78 is 1.91. The minimum absolute atomic E-state index is 0.0729. The van der Waals surface area contributed by atoms with E-state index in [1.54, 1.807) is 24.7 Å². The van der Waals surface area contributed by atoms with Crippen LogP contribution in [0.15, 0.2) is 43.0 Å². The van der Waals surface area contributed by atoms with Gasteiger partial charge in [-0.2, -0.15) is 0 Å². The molecule has 1 aromatic carbocycles. The van der Waals surface area contributed by atoms with Crippen molar-refractivity contribution in [1.82, 2.24) is 14.9 Å². The van der Waals surface area contributed by atoms with Gasteiger partial charge in [0.25, 0.3) is 5.91 Å². The zero-order valence-corrected chi connectivity index (χ0v) is 10.6. The Bertz CT molecular complexity index is 493. The Kier molecular flexibility index (Phi) is 4.36. The second kappa shape index (κ2) is 6.21. The lowest BCUT2D eigenvalue weighted by Crippen LogP contribution is -2.26. The number of hydrogen-bond acceptors (Lipinski definition) is 2. The fourth-order valence-electron chi connectivity index (χ4n) is 1.56. The number of benzene rings is 1. The number of nitrogens with zero attached hydrogens (tertiary/aromatic N) is 2. The number of nitrogens with one attached hydrogen (secondary N) is 1. The van der Waals surface area contributed by atoms with Crippen LogP contribution in [0.4, 0.5) is 0 Å². The molecule has 1 aromatic heterocycles. The van der Waals surface area contributed by atoms with E-state index in [4.69, 9.17) is 11.6 Å². The molecule has 1 N–H and O–H groups in total. The summed E-state index contributed by atoms with van der Waals surface area (Å²) in [6, 6.07) is 7.28. The molecule has 0 bridgehead atoms. The van der Waals surface area contributed by atoms with E-state index in [9.17, 15) is 4.79 Å². The quantitative estimate of drug-likeness (QED) is 0.840. The summed E-state index contributed by atoms with van der Waals surface area (Å²) >= 11 is 5.69. The highest BCUT2D eigenvalue weighted by Crippen LogP contribution is 2.06. The van der Waals surface area contributed by atoms with Crippen molar-refractivity contribution < 1.29 is 4.79 Å². The van der Waals surface area contributed by atoms with Crippen LogP contribution < -0.4 is 5.32 Å². The van der Waals surface area contributed by atoms with Gasteiger partial charge in [-0.3, -0.25) is 4.79 Å². The summed E-state index contributed by atoms with van der Waals surface area (Å²) in [7, 11) is 0. The zero-order valence-electron chi connectivity index (χ0n) is 9.84. The Hall–Kier alpha value is -1.81. The van der Waals surface area contributed by atoms with Gasteiger partial charge in [0.1, 0.15) is 0 Å². The average Bonchev–Trinajstić information content (AvgIpc) is 2.92. The molecule has 0 radical (unpaired) electrons. The van der Waals surface area contributed by atoms with Crippen molar-refractivity contribution in [2.24, 2.45) is 0 Å². The molecule has 0 fully saturated rings. The van der Waals surface area contributed by atoms with Crippen LogP contribution in [-0.4, -0.2) is 22.0 Å². The number of carbonyl (C=O) groups excluding carboxylic acids is 1. The van der Waals surface area contributed by atoms with Gasteiger partial charge in [0.05, 0.1) is 6.33 Å². The highest BCUT2D eigenvalue weighted by Gasteiger charge is 2.04. The van der Waals surface area contributed by atoms with Gasteiger partial charge in [0.2, 0.25) is 0 Å². The van der Waals surface area contributed by atoms with Crippen LogP contribution in [0.25, 0.3) is 0 Å². The fourth-order valence-corrected chi connectivity index (χ4v) is 1.74. The van der Waals surface area contributed by atoms with Crippen LogP contribution in [0.3, 0.4) is 0 Å². The third-order valence-corrected chi connectivity index (χ3v) is 2.89. The molecular weight excluding hydrogens is 250 g/mol. The Balaban J connectivity index is 1.83. The minimum atomic E-state index is -0.0729. The maximum absolute atomic E-state index is 11.8. The van der Waals surface area contributed by atoms with Gasteiger partial charge in [0.15, 0.2) is 0 Å². The molecule has 4 nitrogen and oxygen atoms in total. The summed E-state index contributed by atoms with van der Waals surface area (Å²) in [6.07, 6.45) is 5.30. The molecule has 0 aliphatic rings. The van der Waals surface area contributed by atoms with E-state index in [-0.39, 0.29) is 5.91 Å². The van der Waals surface area contributed by atoms with Gasteiger partial charge in [-0.15, -0.1) is 11.6 Å². The predicted molar refractivity (Wildman–Crippen MR) is 70.6 cm³/mol. The lowest BCUT2D eigenvalue weighted by molar-refractivity contribution is 0.0952. The van der Waals surface area contributed by atoms with Crippen molar-refractivity contribution in [3.05, 3.63) is 54.1 Å². The van der Waals surface area contributed by atoms with Gasteiger partial charge in [-0.25, -0.2) is 4.98 Å². The first-order valence-corrected chi connectivity index (χ1v) is 6.22. The van der Waals surface area contributed by atoms with E-state index in [0.29, 0.717) is 24.5 Å². The number of halogens is 1. The van der Waals surface area contributed by atoms with Crippen molar-refractivity contribution >= 4 is 17.5 Å². The minimum Gasteiger partial charge on any atom is -0.350 e. The largest absolute Gasteiger partial charge is 0.350 e. The maximum atomic E-state index is 11.8. The highest BCUT2D eigenvalue weighted by atomic mass is 35.5. The molecule has 1 amide bonds. The predicted octanol–water partition coefficient (Wildman–Crippen LogP) is 2.05. The van der Waals surface area contributed by atoms with E-state index < -0.39 is 0 Å². The SMILES string of the molecule is O=C(NCCn1ccnc1)c1ccc(CCl)cc1. The molecule has 18 heavy (non-hydrogen) atoms. The molecule has 1 heterocycles. The van der Waals surface area contributed by atoms with Crippen molar-refractivity contribution in [2.75, 3.05) is 6.54 Å². The third kappa shape index (κ3) is 3.34. The summed E-state index contributed by atoms with van der Waals surface area (Å²) in [4.78, 5) is 15.7. The molecule has 0 unspecified atom stereocenters. The number of carbonyl (C=O) groups is 1. The Morgan fingerprint density at radius 1 is 1.33 bits per heavy atom. The maximum Gasteiger partial charge on any atom is 0.251 e. The fraction of sp³-hybridized carbons (Fsp3) is 0.231. The van der Waals surface area contributed by atoms with Crippen LogP contribution in [0.5, 0.6) is 0 Å². The first kappa shape index (κ1) is 12.6. The number of imidazole rings is 1. The Morgan fingerprint density at radius 3 is 2.72 bits per heavy atom. The van der Waals surface area contributed by atoms with Crippen molar-refractivity contribution in [3.63, 3.8) is 0 Å². The van der Waals surface area contributed by atoms with Gasteiger partial charge in [0, 0.05) is 36.9 Å². The lowest BCUT2D eigenvalue weighted by Gasteiger charge is -2.06. The molecule has 2 rings (SSSR count). The van der Waals surface area contributed by atoms with Crippen LogP contribution >= 0.6 is 11.6 Å². The first-order chi connectivity index (χ1) is 8.79. The summed E-state index contributed by atoms with van der Waals surface area (Å²) in [5, 5.41) is 2.85. The van der Waals surface area contributed by atoms with E-state index in [0.717, 1.165) is 5.56 Å². The van der Waals surface area contributed by atoms with Gasteiger partial charge < -0.3 is 9.88 Å². The van der Waals surface area contributed by atoms with Crippen molar-refractivity contribution in [3.8, 4) is 0 Å². The third-order valence-electron chi connectivity index (χ3n) is 2.59. The van der Waals surface area contributed by atoms with Crippen LogP contribution in [0.1, 0.15) is 15.9 Å². The van der Waals surface area contributed by atoms with E-state index in [2.05, 4.69) is 10.3 Å². The van der Waals surface area contributed by atoms with Gasteiger partial charge in [-0.05, 0) is 17.7 Å². The molecule has 0 spiro atoms. The number of amides is 1. The van der Waals surface area contributed by atoms with Gasteiger partial charge in [-0.1, -0.05) is 12.1 Å². The van der Waals surface area contributed by atoms with E-state index >= 15 is 0 Å². The molecule has 0 aliphatic heterocycles. The molecule has 94 valence electrons. The zero-order chi connectivity index (χ0) is 12.8. The van der Waals surface area contributed by atoms with Crippen LogP contribution in [-0.2, 0) is 12.4 Å². The molecule has 0 atom stereocenters. The number of alkyl halides is 1. The van der Waals surface area contributed by atoms with Crippen LogP contribution in [0, 0.1) is 0 Å². The monoisotopic (exact) mass is 263 g/mol. The number of rotatable bonds is 5. The van der Waals surface area contributed by atoms with Gasteiger partial charge >= 0.3 is 0 Å². The standard InChI is InChI=1S/C13H14ClN3O/c14-9-11-1-3-12(4-2-11)13(18)16-6-8-17-7-5-15-10-17/h1-5,7,10H,6,8-9H2,(H,16,18). The van der Waals surface area contributed by atoms with E-state index in [1.165, 1.54) is 0 Å². The number of aromatic nitrogens is 2. The Labute approximate surface area is 111 Å². The second-order valence-corrected chi connectivity index (χ2v) is 4.15. The van der Waals surface area contributed by atoms with Crippen LogP contribution in [0.2, 0.25) is 0 Å². The summed E-state index contributed by atoms with van der Waals surface area (Å²) in [5.41, 5.74) is 1.65. The first-order valence-electron chi connectivity index (χ1n) is 5.68. The topological polar surface area (TPSA) is 46.9 Å². The smallest absolute Gasteiger partial charge is 0.251 e. The molecule has 2 aromatic rings. The Morgan fingerprint density at radius 2 is 2.11 bits per heavy atom. The normalized spacial score (nSPS) is 10.3. The molecule has 0 saturated heterocycles. The highest BCUT2D eigenvalue weighted by molar-refractivity contribution is 6.17. The molecular formula is C13H14ClN3O. The lowest BCUT2D eigenvalue weighted by atomic mass is 10.1. The van der Waals surface area contributed by atoms with Crippen molar-refractivity contribution in [1.29, 1.82) is 0 Å². The van der Waals surface area contributed by atoms with Crippen molar-refractivity contribution in [2.45, 2.75) is 12.4 Å².